The first-order chi connectivity index (χ1) is 18.0. The van der Waals surface area contributed by atoms with Gasteiger partial charge in [-0.05, 0) is 56.8 Å². The average molecular weight is 507 g/mol. The average Bonchev–Trinajstić information content (AvgIpc) is 3.25. The zero-order chi connectivity index (χ0) is 26.2. The van der Waals surface area contributed by atoms with Crippen molar-refractivity contribution in [2.45, 2.75) is 19.9 Å². The number of aryl methyl sites for hydroxylation is 1. The summed E-state index contributed by atoms with van der Waals surface area (Å²) < 4.78 is 12.6. The number of carbonyl (C=O) groups excluding carboxylic acids is 1. The van der Waals surface area contributed by atoms with E-state index in [0.717, 1.165) is 66.8 Å². The van der Waals surface area contributed by atoms with Crippen molar-refractivity contribution < 1.29 is 14.3 Å². The number of nitrogens with one attached hydrogen (secondary N) is 1. The number of methoxy groups -OCH3 is 2. The van der Waals surface area contributed by atoms with Crippen LogP contribution in [0, 0.1) is 6.92 Å². The second kappa shape index (κ2) is 12.6. The molecule has 37 heavy (non-hydrogen) atoms. The molecule has 1 fully saturated rings. The van der Waals surface area contributed by atoms with Crippen LogP contribution in [-0.2, 0) is 11.3 Å². The fraction of sp³-hybridized carbons (Fsp3) is 0.429. The topological polar surface area (TPSA) is 75.1 Å². The Morgan fingerprint density at radius 1 is 1.03 bits per heavy atom. The summed E-state index contributed by atoms with van der Waals surface area (Å²) in [6.45, 7) is 7.40. The summed E-state index contributed by atoms with van der Waals surface area (Å²) in [6.07, 6.45) is 0.738. The van der Waals surface area contributed by atoms with Gasteiger partial charge in [0.25, 0.3) is 0 Å². The lowest BCUT2D eigenvalue weighted by molar-refractivity contribution is 0.171. The Morgan fingerprint density at radius 3 is 2.38 bits per heavy atom. The second-order valence-corrected chi connectivity index (χ2v) is 9.35. The minimum atomic E-state index is -0.155. The van der Waals surface area contributed by atoms with Crippen LogP contribution in [0.3, 0.4) is 0 Å². The number of aromatic nitrogens is 2. The van der Waals surface area contributed by atoms with E-state index < -0.39 is 0 Å². The van der Waals surface area contributed by atoms with Crippen LogP contribution in [0.1, 0.15) is 17.7 Å². The standard InChI is InChI=1S/C28H38N6O3/c1-22-26(21-33(15-8-20-36-3)28(35)29-23-11-13-25(37-4)14-12-23)27(32-18-16-31(2)17-19-32)34(30-22)24-9-6-5-7-10-24/h5-7,9-14H,8,15-21H2,1-4H3,(H,29,35). The van der Waals surface area contributed by atoms with E-state index in [4.69, 9.17) is 14.6 Å². The van der Waals surface area contributed by atoms with E-state index in [0.29, 0.717) is 19.7 Å². The Kier molecular flexibility index (Phi) is 9.03. The molecule has 1 saturated heterocycles. The number of para-hydroxylation sites is 1. The minimum absolute atomic E-state index is 0.155. The Hall–Kier alpha value is -3.56. The lowest BCUT2D eigenvalue weighted by Gasteiger charge is -2.35. The highest BCUT2D eigenvalue weighted by molar-refractivity contribution is 5.89. The van der Waals surface area contributed by atoms with Gasteiger partial charge in [0, 0.05) is 57.7 Å². The van der Waals surface area contributed by atoms with Gasteiger partial charge in [0.2, 0.25) is 0 Å². The largest absolute Gasteiger partial charge is 0.497 e. The van der Waals surface area contributed by atoms with Gasteiger partial charge in [-0.3, -0.25) is 0 Å². The van der Waals surface area contributed by atoms with Crippen LogP contribution >= 0.6 is 0 Å². The first kappa shape index (κ1) is 26.5. The van der Waals surface area contributed by atoms with Crippen LogP contribution in [0.25, 0.3) is 5.69 Å². The molecule has 9 nitrogen and oxygen atoms in total. The number of piperazine rings is 1. The number of hydrogen-bond donors (Lipinski definition) is 1. The number of amides is 2. The molecule has 2 aromatic carbocycles. The maximum atomic E-state index is 13.5. The summed E-state index contributed by atoms with van der Waals surface area (Å²) in [7, 11) is 5.46. The van der Waals surface area contributed by atoms with Crippen molar-refractivity contribution in [3.05, 3.63) is 65.9 Å². The third-order valence-electron chi connectivity index (χ3n) is 6.71. The van der Waals surface area contributed by atoms with Crippen molar-refractivity contribution in [3.63, 3.8) is 0 Å². The van der Waals surface area contributed by atoms with Crippen LogP contribution in [-0.4, -0.2) is 86.2 Å². The summed E-state index contributed by atoms with van der Waals surface area (Å²) in [4.78, 5) is 20.1. The predicted octanol–water partition coefficient (Wildman–Crippen LogP) is 4.01. The summed E-state index contributed by atoms with van der Waals surface area (Å²) in [5.74, 6) is 1.81. The van der Waals surface area contributed by atoms with Crippen molar-refractivity contribution >= 4 is 17.5 Å². The monoisotopic (exact) mass is 506 g/mol. The van der Waals surface area contributed by atoms with E-state index in [-0.39, 0.29) is 6.03 Å². The second-order valence-electron chi connectivity index (χ2n) is 9.35. The van der Waals surface area contributed by atoms with Crippen LogP contribution in [0.15, 0.2) is 54.6 Å². The highest BCUT2D eigenvalue weighted by atomic mass is 16.5. The Balaban J connectivity index is 1.65. The minimum Gasteiger partial charge on any atom is -0.497 e. The molecule has 1 aliphatic heterocycles. The van der Waals surface area contributed by atoms with E-state index in [1.165, 1.54) is 0 Å². The third-order valence-corrected chi connectivity index (χ3v) is 6.71. The quantitative estimate of drug-likeness (QED) is 0.419. The number of urea groups is 1. The van der Waals surface area contributed by atoms with Gasteiger partial charge in [-0.1, -0.05) is 18.2 Å². The van der Waals surface area contributed by atoms with E-state index in [2.05, 4.69) is 34.3 Å². The Labute approximate surface area is 219 Å². The van der Waals surface area contributed by atoms with Gasteiger partial charge in [-0.25, -0.2) is 9.48 Å². The van der Waals surface area contributed by atoms with E-state index in [9.17, 15) is 4.79 Å². The van der Waals surface area contributed by atoms with E-state index in [1.807, 2.05) is 59.0 Å². The zero-order valence-electron chi connectivity index (χ0n) is 22.3. The molecule has 3 aromatic rings. The molecule has 0 aliphatic carbocycles. The molecule has 2 amide bonds. The molecule has 1 aromatic heterocycles. The van der Waals surface area contributed by atoms with Gasteiger partial charge >= 0.3 is 6.03 Å². The summed E-state index contributed by atoms with van der Waals surface area (Å²) in [5.41, 5.74) is 3.72. The van der Waals surface area contributed by atoms with Gasteiger partial charge in [-0.2, -0.15) is 5.10 Å². The first-order valence-corrected chi connectivity index (χ1v) is 12.8. The van der Waals surface area contributed by atoms with Gasteiger partial charge in [0.15, 0.2) is 0 Å². The fourth-order valence-electron chi connectivity index (χ4n) is 4.54. The molecule has 1 aliphatic rings. The highest BCUT2D eigenvalue weighted by Crippen LogP contribution is 2.30. The number of anilines is 2. The summed E-state index contributed by atoms with van der Waals surface area (Å²) in [6, 6.07) is 17.4. The number of nitrogens with zero attached hydrogens (tertiary/aromatic N) is 5. The molecule has 9 heteroatoms. The Morgan fingerprint density at radius 2 is 1.73 bits per heavy atom. The normalized spacial score (nSPS) is 14.0. The number of benzene rings is 2. The van der Waals surface area contributed by atoms with Crippen LogP contribution < -0.4 is 15.0 Å². The molecular formula is C28H38N6O3. The van der Waals surface area contributed by atoms with Gasteiger partial charge < -0.3 is 29.5 Å². The van der Waals surface area contributed by atoms with Crippen molar-refractivity contribution in [1.82, 2.24) is 19.6 Å². The van der Waals surface area contributed by atoms with Crippen molar-refractivity contribution in [1.29, 1.82) is 0 Å². The number of ether oxygens (including phenoxy) is 2. The van der Waals surface area contributed by atoms with Crippen LogP contribution in [0.2, 0.25) is 0 Å². The fourth-order valence-corrected chi connectivity index (χ4v) is 4.54. The number of hydrogen-bond acceptors (Lipinski definition) is 6. The van der Waals surface area contributed by atoms with E-state index in [1.54, 1.807) is 14.2 Å². The SMILES string of the molecule is COCCCN(Cc1c(C)nn(-c2ccccc2)c1N1CCN(C)CC1)C(=O)Nc1ccc(OC)cc1. The molecule has 0 spiro atoms. The zero-order valence-corrected chi connectivity index (χ0v) is 22.3. The number of carbonyl (C=O) groups is 1. The molecule has 1 N–H and O–H groups in total. The summed E-state index contributed by atoms with van der Waals surface area (Å²) >= 11 is 0. The maximum absolute atomic E-state index is 13.5. The maximum Gasteiger partial charge on any atom is 0.322 e. The molecule has 0 radical (unpaired) electrons. The van der Waals surface area contributed by atoms with Crippen molar-refractivity contribution in [2.75, 3.05) is 70.8 Å². The van der Waals surface area contributed by atoms with Crippen LogP contribution in [0.4, 0.5) is 16.3 Å². The van der Waals surface area contributed by atoms with Crippen molar-refractivity contribution in [3.8, 4) is 11.4 Å². The molecule has 0 atom stereocenters. The lowest BCUT2D eigenvalue weighted by Crippen LogP contribution is -2.45. The van der Waals surface area contributed by atoms with Gasteiger partial charge in [0.1, 0.15) is 11.6 Å². The van der Waals surface area contributed by atoms with E-state index >= 15 is 0 Å². The number of likely N-dealkylation sites (N-methyl/N-ethyl adjacent to an activating group) is 1. The number of rotatable bonds is 10. The van der Waals surface area contributed by atoms with Gasteiger partial charge in [0.05, 0.1) is 25.0 Å². The predicted molar refractivity (Wildman–Crippen MR) is 147 cm³/mol. The molecule has 0 saturated carbocycles. The smallest absolute Gasteiger partial charge is 0.322 e. The van der Waals surface area contributed by atoms with Gasteiger partial charge in [-0.15, -0.1) is 0 Å². The lowest BCUT2D eigenvalue weighted by atomic mass is 10.2. The first-order valence-electron chi connectivity index (χ1n) is 12.8. The van der Waals surface area contributed by atoms with Crippen molar-refractivity contribution in [2.24, 2.45) is 0 Å². The highest BCUT2D eigenvalue weighted by Gasteiger charge is 2.27. The molecule has 0 bridgehead atoms. The molecule has 0 unspecified atom stereocenters. The molecule has 4 rings (SSSR count). The van der Waals surface area contributed by atoms with Crippen LogP contribution in [0.5, 0.6) is 5.75 Å². The third kappa shape index (κ3) is 6.61. The molecular weight excluding hydrogens is 468 g/mol. The summed E-state index contributed by atoms with van der Waals surface area (Å²) in [5, 5.41) is 8.00. The molecule has 198 valence electrons. The Bertz CT molecular complexity index is 1140. The molecule has 2 heterocycles.